The molecule has 0 aromatic heterocycles. The van der Waals surface area contributed by atoms with Crippen molar-refractivity contribution in [2.24, 2.45) is 0 Å². The number of rotatable bonds is 37. The predicted octanol–water partition coefficient (Wildman–Crippen LogP) is 18.4. The Kier molecular flexibility index (Phi) is 27.5. The summed E-state index contributed by atoms with van der Waals surface area (Å²) in [7, 11) is 0. The summed E-state index contributed by atoms with van der Waals surface area (Å²) in [4.78, 5) is 50.3. The number of hydrogen-bond acceptors (Lipinski definition) is 10. The minimum atomic E-state index is -0.296. The van der Waals surface area contributed by atoms with Crippen molar-refractivity contribution in [3.8, 4) is 56.4 Å². The smallest absolute Gasteiger partial charge is 0.338 e. The highest BCUT2D eigenvalue weighted by Gasteiger charge is 2.15. The topological polar surface area (TPSA) is 124 Å². The number of esters is 4. The number of ether oxygens (including phenoxy) is 6. The summed E-state index contributed by atoms with van der Waals surface area (Å²) in [6, 6.07) is 46.1. The Morgan fingerprint density at radius 2 is 0.600 bits per heavy atom. The number of benzene rings is 6. The van der Waals surface area contributed by atoms with Crippen LogP contribution in [0.4, 0.5) is 0 Å². The minimum Gasteiger partial charge on any atom is -0.494 e. The van der Waals surface area contributed by atoms with E-state index in [1.165, 1.54) is 25.7 Å². The standard InChI is InChI=1S/C70H86O10/c1-5-7-9-17-23-53(3)77-69(73)61-31-27-55(28-32-61)59-39-47-65(48-40-59)79-67(71)25-19-13-11-15-21-51-75-63-43-35-57(36-44-63)58-37-45-64(46-38-58)76-52-22-16-12-14-20-26-68(72)80-66-49-41-60(42-50-66)56-29-33-62(34-30-56)70(74)78-54(4)24-18-10-8-6-2/h27-50,53-54H,5-26,51-52H2,1-4H3/t53-,54-/m1/s1. The Labute approximate surface area is 476 Å². The third-order valence-electron chi connectivity index (χ3n) is 14.3. The van der Waals surface area contributed by atoms with Gasteiger partial charge in [0.15, 0.2) is 0 Å². The average molecular weight is 1090 g/mol. The minimum absolute atomic E-state index is 0.0995. The van der Waals surface area contributed by atoms with Gasteiger partial charge >= 0.3 is 23.9 Å². The fraction of sp³-hybridized carbons (Fsp3) is 0.429. The van der Waals surface area contributed by atoms with E-state index in [4.69, 9.17) is 28.4 Å². The molecule has 6 aromatic carbocycles. The molecule has 10 heteroatoms. The second-order valence-electron chi connectivity index (χ2n) is 21.1. The van der Waals surface area contributed by atoms with Gasteiger partial charge in [-0.05, 0) is 171 Å². The highest BCUT2D eigenvalue weighted by atomic mass is 16.6. The fourth-order valence-electron chi connectivity index (χ4n) is 9.40. The van der Waals surface area contributed by atoms with E-state index in [1.54, 1.807) is 48.5 Å². The molecule has 0 unspecified atom stereocenters. The third-order valence-corrected chi connectivity index (χ3v) is 14.3. The molecule has 2 atom stereocenters. The lowest BCUT2D eigenvalue weighted by atomic mass is 10.0. The first kappa shape index (κ1) is 62.0. The van der Waals surface area contributed by atoms with E-state index in [1.807, 2.05) is 86.6 Å². The van der Waals surface area contributed by atoms with Crippen LogP contribution in [0.5, 0.6) is 23.0 Å². The molecule has 80 heavy (non-hydrogen) atoms. The molecule has 0 aliphatic rings. The van der Waals surface area contributed by atoms with Crippen LogP contribution in [0.1, 0.15) is 190 Å². The molecule has 0 N–H and O–H groups in total. The maximum atomic E-state index is 12.6. The molecule has 0 saturated heterocycles. The van der Waals surface area contributed by atoms with Crippen molar-refractivity contribution in [3.63, 3.8) is 0 Å². The normalized spacial score (nSPS) is 11.8. The third kappa shape index (κ3) is 22.9. The zero-order valence-corrected chi connectivity index (χ0v) is 48.1. The maximum Gasteiger partial charge on any atom is 0.338 e. The number of hydrogen-bond donors (Lipinski definition) is 0. The van der Waals surface area contributed by atoms with Gasteiger partial charge in [0.2, 0.25) is 0 Å². The van der Waals surface area contributed by atoms with E-state index in [-0.39, 0.29) is 36.1 Å². The monoisotopic (exact) mass is 1090 g/mol. The van der Waals surface area contributed by atoms with Crippen LogP contribution in [0.15, 0.2) is 146 Å². The molecule has 0 heterocycles. The van der Waals surface area contributed by atoms with E-state index in [0.29, 0.717) is 48.7 Å². The summed E-state index contributed by atoms with van der Waals surface area (Å²) in [5.74, 6) is 1.68. The van der Waals surface area contributed by atoms with Gasteiger partial charge in [-0.3, -0.25) is 9.59 Å². The summed E-state index contributed by atoms with van der Waals surface area (Å²) >= 11 is 0. The zero-order valence-electron chi connectivity index (χ0n) is 48.1. The summed E-state index contributed by atoms with van der Waals surface area (Å²) in [6.45, 7) is 9.56. The summed E-state index contributed by atoms with van der Waals surface area (Å²) in [6.07, 6.45) is 21.0. The Balaban J connectivity index is 0.747. The Morgan fingerprint density at radius 3 is 0.925 bits per heavy atom. The summed E-state index contributed by atoms with van der Waals surface area (Å²) in [5.41, 5.74) is 7.17. The van der Waals surface area contributed by atoms with Gasteiger partial charge in [0, 0.05) is 12.8 Å². The molecule has 6 rings (SSSR count). The Hall–Kier alpha value is -7.20. The van der Waals surface area contributed by atoms with Gasteiger partial charge in [0.25, 0.3) is 0 Å². The van der Waals surface area contributed by atoms with Crippen molar-refractivity contribution < 1.29 is 47.6 Å². The first-order valence-electron chi connectivity index (χ1n) is 29.8. The van der Waals surface area contributed by atoms with Crippen molar-refractivity contribution in [1.82, 2.24) is 0 Å². The molecule has 0 aliphatic heterocycles. The quantitative estimate of drug-likeness (QED) is 0.0212. The molecule has 0 saturated carbocycles. The lowest BCUT2D eigenvalue weighted by molar-refractivity contribution is -0.135. The number of carbonyl (C=O) groups excluding carboxylic acids is 4. The highest BCUT2D eigenvalue weighted by molar-refractivity contribution is 5.91. The van der Waals surface area contributed by atoms with Crippen LogP contribution in [0.3, 0.4) is 0 Å². The van der Waals surface area contributed by atoms with Crippen molar-refractivity contribution >= 4 is 23.9 Å². The van der Waals surface area contributed by atoms with Crippen molar-refractivity contribution in [2.75, 3.05) is 13.2 Å². The Morgan fingerprint density at radius 1 is 0.325 bits per heavy atom. The molecular formula is C70H86O10. The van der Waals surface area contributed by atoms with Gasteiger partial charge < -0.3 is 28.4 Å². The van der Waals surface area contributed by atoms with Gasteiger partial charge in [0.1, 0.15) is 23.0 Å². The zero-order chi connectivity index (χ0) is 56.6. The Bertz CT molecular complexity index is 2520. The van der Waals surface area contributed by atoms with Crippen molar-refractivity contribution in [2.45, 2.75) is 181 Å². The summed E-state index contributed by atoms with van der Waals surface area (Å²) in [5, 5.41) is 0. The highest BCUT2D eigenvalue weighted by Crippen LogP contribution is 2.28. The fourth-order valence-corrected chi connectivity index (χ4v) is 9.40. The van der Waals surface area contributed by atoms with Crippen LogP contribution in [0.2, 0.25) is 0 Å². The first-order valence-corrected chi connectivity index (χ1v) is 29.8. The van der Waals surface area contributed by atoms with Crippen LogP contribution >= 0.6 is 0 Å². The SMILES string of the molecule is CCCCCC[C@@H](C)OC(=O)c1ccc(-c2ccc(OC(=O)CCCCCCCOc3ccc(-c4ccc(OCCCCCCCC(=O)Oc5ccc(-c6ccc(C(=O)O[C@H](C)CCCCCC)cc6)cc5)cc4)cc3)cc2)cc1. The van der Waals surface area contributed by atoms with Crippen LogP contribution in [0, 0.1) is 0 Å². The van der Waals surface area contributed by atoms with Crippen molar-refractivity contribution in [3.05, 3.63) is 157 Å². The molecule has 0 spiro atoms. The lowest BCUT2D eigenvalue weighted by Gasteiger charge is -2.13. The number of carbonyl (C=O) groups is 4. The molecule has 0 aliphatic carbocycles. The second kappa shape index (κ2) is 35.4. The molecule has 0 bridgehead atoms. The van der Waals surface area contributed by atoms with E-state index in [2.05, 4.69) is 38.1 Å². The second-order valence-corrected chi connectivity index (χ2v) is 21.1. The van der Waals surface area contributed by atoms with Crippen LogP contribution < -0.4 is 18.9 Å². The molecule has 426 valence electrons. The van der Waals surface area contributed by atoms with Crippen molar-refractivity contribution in [1.29, 1.82) is 0 Å². The van der Waals surface area contributed by atoms with E-state index in [9.17, 15) is 19.2 Å². The van der Waals surface area contributed by atoms with E-state index >= 15 is 0 Å². The van der Waals surface area contributed by atoms with Gasteiger partial charge in [-0.25, -0.2) is 9.59 Å². The lowest BCUT2D eigenvalue weighted by Crippen LogP contribution is -2.15. The first-order chi connectivity index (χ1) is 39.1. The van der Waals surface area contributed by atoms with Crippen LogP contribution in [0.25, 0.3) is 33.4 Å². The molecule has 6 aromatic rings. The van der Waals surface area contributed by atoms with Gasteiger partial charge in [-0.1, -0.05) is 164 Å². The molecule has 0 amide bonds. The maximum absolute atomic E-state index is 12.6. The molecule has 0 fully saturated rings. The van der Waals surface area contributed by atoms with Gasteiger partial charge in [-0.2, -0.15) is 0 Å². The van der Waals surface area contributed by atoms with E-state index in [0.717, 1.165) is 148 Å². The molecule has 10 nitrogen and oxygen atoms in total. The van der Waals surface area contributed by atoms with Gasteiger partial charge in [-0.15, -0.1) is 0 Å². The van der Waals surface area contributed by atoms with Gasteiger partial charge in [0.05, 0.1) is 36.5 Å². The average Bonchev–Trinajstić information content (AvgIpc) is 3.48. The van der Waals surface area contributed by atoms with Crippen LogP contribution in [-0.2, 0) is 19.1 Å². The molecule has 0 radical (unpaired) electrons. The summed E-state index contributed by atoms with van der Waals surface area (Å²) < 4.78 is 34.5. The largest absolute Gasteiger partial charge is 0.494 e. The van der Waals surface area contributed by atoms with Crippen LogP contribution in [-0.4, -0.2) is 49.3 Å². The predicted molar refractivity (Wildman–Crippen MR) is 321 cm³/mol. The van der Waals surface area contributed by atoms with E-state index < -0.39 is 0 Å². The number of unbranched alkanes of at least 4 members (excludes halogenated alkanes) is 14. The molecular weight excluding hydrogens is 1000 g/mol.